The van der Waals surface area contributed by atoms with Crippen molar-refractivity contribution in [3.63, 3.8) is 0 Å². The molecule has 0 radical (unpaired) electrons. The average Bonchev–Trinajstić information content (AvgIpc) is 4.31. The molecule has 0 spiro atoms. The minimum absolute atomic E-state index is 0. The summed E-state index contributed by atoms with van der Waals surface area (Å²) in [5, 5.41) is 14.4. The van der Waals surface area contributed by atoms with Gasteiger partial charge in [-0.05, 0) is 154 Å². The van der Waals surface area contributed by atoms with Crippen LogP contribution in [0.4, 0.5) is 37.7 Å². The molecule has 2 N–H and O–H groups in total. The Morgan fingerprint density at radius 1 is 0.500 bits per heavy atom. The summed E-state index contributed by atoms with van der Waals surface area (Å²) < 4.78 is 81.8. The first kappa shape index (κ1) is 60.0. The molecule has 0 atom stereocenters. The molecule has 10 rings (SSSR count). The molecule has 10 aromatic rings. The second kappa shape index (κ2) is 25.2. The number of fused-ring (bicyclic) bond motifs is 2. The molecule has 82 heavy (non-hydrogen) atoms. The summed E-state index contributed by atoms with van der Waals surface area (Å²) in [5.74, 6) is -1.32. The van der Waals surface area contributed by atoms with E-state index in [1.54, 1.807) is 94.5 Å². The van der Waals surface area contributed by atoms with E-state index < -0.39 is 35.3 Å². The Morgan fingerprint density at radius 2 is 0.902 bits per heavy atom. The molecular formula is C62H56F6N10O4. The van der Waals surface area contributed by atoms with Crippen molar-refractivity contribution < 1.29 is 45.5 Å². The van der Waals surface area contributed by atoms with Crippen LogP contribution in [0.2, 0.25) is 0 Å². The molecule has 6 aromatic carbocycles. The molecular weight excluding hydrogens is 1060 g/mol. The quantitative estimate of drug-likeness (QED) is 0.0793. The molecule has 20 heteroatoms. The van der Waals surface area contributed by atoms with Gasteiger partial charge in [0.15, 0.2) is 11.3 Å². The number of amides is 2. The monoisotopic (exact) mass is 1120 g/mol. The molecule has 4 heterocycles. The van der Waals surface area contributed by atoms with Crippen molar-refractivity contribution in [2.45, 2.75) is 40.3 Å². The standard InChI is InChI=1S/C32H31F3N6O.C28H17F3N4O3.2CH4/c1-39(2)19-21-13-22(20-40(3)4)15-25(14-21)28-18-37-41-29(11-12-36-30(28)41)23-7-6-10-27(17-23)38-31(42)24-8-5-9-26(16-24)32(33,34)35;29-28(30,31)22-5-1-4-20(12-22)27(38)34-23-6-2-3-19(13-23)25-7-8-32-26-24(14-33-35(25)26)21-10-17(15-36)9-18(11-21)16-37;;/h5-18H,19-20H2,1-4H3,(H,38,42);1-16H,(H,34,38);2*1H4. The van der Waals surface area contributed by atoms with Crippen molar-refractivity contribution in [2.24, 2.45) is 0 Å². The van der Waals surface area contributed by atoms with Crippen molar-refractivity contribution in [3.8, 4) is 44.8 Å². The molecule has 0 aliphatic heterocycles. The fourth-order valence-corrected chi connectivity index (χ4v) is 9.02. The van der Waals surface area contributed by atoms with Gasteiger partial charge in [-0.15, -0.1) is 0 Å². The van der Waals surface area contributed by atoms with Gasteiger partial charge in [0, 0.05) is 81.4 Å². The van der Waals surface area contributed by atoms with E-state index in [9.17, 15) is 45.5 Å². The van der Waals surface area contributed by atoms with Gasteiger partial charge in [0.2, 0.25) is 0 Å². The highest BCUT2D eigenvalue weighted by molar-refractivity contribution is 6.05. The van der Waals surface area contributed by atoms with Gasteiger partial charge in [0.25, 0.3) is 11.8 Å². The van der Waals surface area contributed by atoms with Crippen molar-refractivity contribution in [1.29, 1.82) is 0 Å². The maximum Gasteiger partial charge on any atom is 0.416 e. The number of hydrogen-bond acceptors (Lipinski definition) is 10. The lowest BCUT2D eigenvalue weighted by atomic mass is 10.0. The zero-order chi connectivity index (χ0) is 56.9. The highest BCUT2D eigenvalue weighted by Gasteiger charge is 2.32. The molecule has 0 aliphatic rings. The van der Waals surface area contributed by atoms with Gasteiger partial charge in [-0.3, -0.25) is 19.2 Å². The summed E-state index contributed by atoms with van der Waals surface area (Å²) in [4.78, 5) is 61.4. The number of carbonyl (C=O) groups excluding carboxylic acids is 4. The summed E-state index contributed by atoms with van der Waals surface area (Å²) in [7, 11) is 8.16. The molecule has 420 valence electrons. The van der Waals surface area contributed by atoms with Crippen molar-refractivity contribution >= 4 is 47.1 Å². The van der Waals surface area contributed by atoms with Crippen LogP contribution >= 0.6 is 0 Å². The third-order valence-electron chi connectivity index (χ3n) is 12.5. The predicted molar refractivity (Wildman–Crippen MR) is 306 cm³/mol. The Labute approximate surface area is 468 Å². The number of rotatable bonds is 14. The van der Waals surface area contributed by atoms with E-state index in [4.69, 9.17) is 0 Å². The average molecular weight is 1120 g/mol. The molecule has 2 amide bonds. The lowest BCUT2D eigenvalue weighted by molar-refractivity contribution is -0.138. The molecule has 14 nitrogen and oxygen atoms in total. The zero-order valence-electron chi connectivity index (χ0n) is 43.2. The van der Waals surface area contributed by atoms with Gasteiger partial charge in [0.1, 0.15) is 12.6 Å². The first-order valence-corrected chi connectivity index (χ1v) is 24.6. The van der Waals surface area contributed by atoms with E-state index in [-0.39, 0.29) is 26.0 Å². The smallest absolute Gasteiger partial charge is 0.322 e. The maximum atomic E-state index is 13.1. The van der Waals surface area contributed by atoms with E-state index in [2.05, 4.69) is 58.8 Å². The summed E-state index contributed by atoms with van der Waals surface area (Å²) >= 11 is 0. The summed E-state index contributed by atoms with van der Waals surface area (Å²) in [6.45, 7) is 1.59. The summed E-state index contributed by atoms with van der Waals surface area (Å²) in [6, 6.07) is 37.2. The van der Waals surface area contributed by atoms with Crippen LogP contribution in [0.3, 0.4) is 0 Å². The van der Waals surface area contributed by atoms with Gasteiger partial charge < -0.3 is 20.4 Å². The Bertz CT molecular complexity index is 3910. The fraction of sp³-hybridized carbons (Fsp3) is 0.161. The molecule has 4 aromatic heterocycles. The van der Waals surface area contributed by atoms with Crippen molar-refractivity contribution in [2.75, 3.05) is 38.8 Å². The number of alkyl halides is 6. The van der Waals surface area contributed by atoms with Gasteiger partial charge in [-0.25, -0.2) is 19.0 Å². The number of aldehydes is 2. The molecule has 0 fully saturated rings. The van der Waals surface area contributed by atoms with Gasteiger partial charge >= 0.3 is 12.4 Å². The third-order valence-corrected chi connectivity index (χ3v) is 12.5. The second-order valence-corrected chi connectivity index (χ2v) is 19.1. The van der Waals surface area contributed by atoms with Gasteiger partial charge in [-0.1, -0.05) is 57.3 Å². The van der Waals surface area contributed by atoms with Crippen LogP contribution in [-0.4, -0.2) is 91.6 Å². The Balaban J connectivity index is 0.000000231. The number of anilines is 2. The lowest BCUT2D eigenvalue weighted by Gasteiger charge is -2.15. The van der Waals surface area contributed by atoms with Crippen LogP contribution in [0.15, 0.2) is 170 Å². The number of benzene rings is 6. The summed E-state index contributed by atoms with van der Waals surface area (Å²) in [6.07, 6.45) is -1.12. The minimum Gasteiger partial charge on any atom is -0.322 e. The van der Waals surface area contributed by atoms with Gasteiger partial charge in [0.05, 0.1) is 34.9 Å². The van der Waals surface area contributed by atoms with Gasteiger partial charge in [-0.2, -0.15) is 36.5 Å². The lowest BCUT2D eigenvalue weighted by Crippen LogP contribution is -2.14. The van der Waals surface area contributed by atoms with Crippen LogP contribution in [0, 0.1) is 0 Å². The van der Waals surface area contributed by atoms with Crippen LogP contribution in [0.5, 0.6) is 0 Å². The topological polar surface area (TPSA) is 159 Å². The molecule has 0 unspecified atom stereocenters. The minimum atomic E-state index is -4.56. The number of halogens is 6. The first-order chi connectivity index (χ1) is 38.2. The van der Waals surface area contributed by atoms with Crippen molar-refractivity contribution in [3.05, 3.63) is 215 Å². The van der Waals surface area contributed by atoms with E-state index in [0.717, 1.165) is 59.7 Å². The largest absolute Gasteiger partial charge is 0.416 e. The number of nitrogens with one attached hydrogen (secondary N) is 2. The Kier molecular flexibility index (Phi) is 18.4. The van der Waals surface area contributed by atoms with Crippen LogP contribution in [0.1, 0.15) is 78.5 Å². The molecule has 0 saturated carbocycles. The zero-order valence-corrected chi connectivity index (χ0v) is 43.2. The number of hydrogen-bond donors (Lipinski definition) is 2. The first-order valence-electron chi connectivity index (χ1n) is 24.6. The number of aromatic nitrogens is 6. The second-order valence-electron chi connectivity index (χ2n) is 19.1. The van der Waals surface area contributed by atoms with E-state index >= 15 is 0 Å². The van der Waals surface area contributed by atoms with Crippen LogP contribution in [-0.2, 0) is 25.4 Å². The maximum absolute atomic E-state index is 13.1. The Hall–Kier alpha value is -9.66. The normalized spacial score (nSPS) is 11.4. The van der Waals surface area contributed by atoms with E-state index in [1.165, 1.54) is 41.5 Å². The third kappa shape index (κ3) is 13.8. The highest BCUT2D eigenvalue weighted by Crippen LogP contribution is 2.34. The van der Waals surface area contributed by atoms with Crippen LogP contribution < -0.4 is 10.6 Å². The highest BCUT2D eigenvalue weighted by atomic mass is 19.4. The SMILES string of the molecule is C.C.CN(C)Cc1cc(CN(C)C)cc(-c2cnn3c(-c4cccc(NC(=O)c5cccc(C(F)(F)F)c5)c4)ccnc23)c1.O=Cc1cc(C=O)cc(-c2cnn3c(-c4cccc(NC(=O)c5cccc(C(F)(F)F)c5)c4)ccnc23)c1. The Morgan fingerprint density at radius 3 is 1.29 bits per heavy atom. The van der Waals surface area contributed by atoms with Crippen LogP contribution in [0.25, 0.3) is 56.1 Å². The molecule has 0 saturated heterocycles. The summed E-state index contributed by atoms with van der Waals surface area (Å²) in [5.41, 5.74) is 8.94. The predicted octanol–water partition coefficient (Wildman–Crippen LogP) is 13.7. The molecule has 0 aliphatic carbocycles. The number of carbonyl (C=O) groups is 4. The van der Waals surface area contributed by atoms with E-state index in [0.29, 0.717) is 68.8 Å². The van der Waals surface area contributed by atoms with Crippen molar-refractivity contribution in [1.82, 2.24) is 39.0 Å². The number of nitrogens with zero attached hydrogens (tertiary/aromatic N) is 8. The molecule has 0 bridgehead atoms. The fourth-order valence-electron chi connectivity index (χ4n) is 9.02. The van der Waals surface area contributed by atoms with E-state index in [1.807, 2.05) is 40.3 Å².